The van der Waals surface area contributed by atoms with E-state index in [-0.39, 0.29) is 34.8 Å². The van der Waals surface area contributed by atoms with Crippen LogP contribution in [0.5, 0.6) is 0 Å². The average Bonchev–Trinajstić information content (AvgIpc) is 2.42. The lowest BCUT2D eigenvalue weighted by Gasteiger charge is -2.30. The Morgan fingerprint density at radius 3 is 2.29 bits per heavy atom. The standard InChI is InChI=1S/C13H16Cl2N2O3S/c1-8-6-10(14)11(15)7-12(8)21(19,20)17-4-2-9(3-5-17)13(16)18/h6-7,9H,2-5H2,1H3,(H2,16,18). The van der Waals surface area contributed by atoms with Crippen molar-refractivity contribution in [2.75, 3.05) is 13.1 Å². The van der Waals surface area contributed by atoms with Crippen LogP contribution in [0, 0.1) is 12.8 Å². The number of nitrogens with two attached hydrogens (primary N) is 1. The molecule has 1 heterocycles. The summed E-state index contributed by atoms with van der Waals surface area (Å²) in [4.78, 5) is 11.3. The topological polar surface area (TPSA) is 80.5 Å². The lowest BCUT2D eigenvalue weighted by atomic mass is 9.98. The molecule has 0 atom stereocenters. The second kappa shape index (κ2) is 6.12. The largest absolute Gasteiger partial charge is 0.369 e. The molecule has 0 unspecified atom stereocenters. The highest BCUT2D eigenvalue weighted by Gasteiger charge is 2.32. The van der Waals surface area contributed by atoms with Crippen LogP contribution in [-0.2, 0) is 14.8 Å². The summed E-state index contributed by atoms with van der Waals surface area (Å²) < 4.78 is 26.7. The van der Waals surface area contributed by atoms with Gasteiger partial charge in [0, 0.05) is 19.0 Å². The van der Waals surface area contributed by atoms with Gasteiger partial charge in [0.2, 0.25) is 15.9 Å². The Morgan fingerprint density at radius 1 is 1.24 bits per heavy atom. The summed E-state index contributed by atoms with van der Waals surface area (Å²) in [6, 6.07) is 2.90. The molecule has 1 saturated heterocycles. The predicted octanol–water partition coefficient (Wildman–Crippen LogP) is 2.19. The number of carbonyl (C=O) groups is 1. The van der Waals surface area contributed by atoms with Gasteiger partial charge in [-0.1, -0.05) is 23.2 Å². The third-order valence-electron chi connectivity index (χ3n) is 3.69. The molecule has 0 aromatic heterocycles. The fraction of sp³-hybridized carbons (Fsp3) is 0.462. The fourth-order valence-corrected chi connectivity index (χ4v) is 4.57. The number of rotatable bonds is 3. The number of hydrogen-bond donors (Lipinski definition) is 1. The number of sulfonamides is 1. The summed E-state index contributed by atoms with van der Waals surface area (Å²) in [7, 11) is -3.64. The van der Waals surface area contributed by atoms with Gasteiger partial charge in [-0.15, -0.1) is 0 Å². The number of piperidine rings is 1. The van der Waals surface area contributed by atoms with Crippen molar-refractivity contribution in [2.24, 2.45) is 11.7 Å². The fourth-order valence-electron chi connectivity index (χ4n) is 2.43. The first kappa shape index (κ1) is 16.5. The molecule has 1 aromatic rings. The smallest absolute Gasteiger partial charge is 0.243 e. The van der Waals surface area contributed by atoms with Crippen molar-refractivity contribution in [1.82, 2.24) is 4.31 Å². The molecule has 0 spiro atoms. The van der Waals surface area contributed by atoms with Crippen LogP contribution in [0.15, 0.2) is 17.0 Å². The maximum atomic E-state index is 12.7. The molecule has 0 radical (unpaired) electrons. The molecular formula is C13H16Cl2N2O3S. The van der Waals surface area contributed by atoms with E-state index in [0.717, 1.165) is 0 Å². The highest BCUT2D eigenvalue weighted by molar-refractivity contribution is 7.89. The minimum atomic E-state index is -3.64. The first-order valence-corrected chi connectivity index (χ1v) is 8.68. The number of amides is 1. The van der Waals surface area contributed by atoms with Crippen LogP contribution in [0.2, 0.25) is 10.0 Å². The molecule has 0 bridgehead atoms. The highest BCUT2D eigenvalue weighted by atomic mass is 35.5. The van der Waals surface area contributed by atoms with Gasteiger partial charge in [0.1, 0.15) is 0 Å². The average molecular weight is 351 g/mol. The number of aryl methyl sites for hydroxylation is 1. The lowest BCUT2D eigenvalue weighted by molar-refractivity contribution is -0.122. The van der Waals surface area contributed by atoms with Crippen molar-refractivity contribution < 1.29 is 13.2 Å². The van der Waals surface area contributed by atoms with Crippen LogP contribution in [-0.4, -0.2) is 31.7 Å². The van der Waals surface area contributed by atoms with Gasteiger partial charge in [-0.05, 0) is 37.5 Å². The van der Waals surface area contributed by atoms with Gasteiger partial charge in [0.25, 0.3) is 0 Å². The molecule has 2 rings (SSSR count). The van der Waals surface area contributed by atoms with Crippen LogP contribution < -0.4 is 5.73 Å². The summed E-state index contributed by atoms with van der Waals surface area (Å²) >= 11 is 11.8. The molecule has 1 aromatic carbocycles. The van der Waals surface area contributed by atoms with Crippen molar-refractivity contribution in [3.05, 3.63) is 27.7 Å². The van der Waals surface area contributed by atoms with Crippen LogP contribution in [0.4, 0.5) is 0 Å². The first-order valence-electron chi connectivity index (χ1n) is 6.48. The maximum absolute atomic E-state index is 12.7. The van der Waals surface area contributed by atoms with E-state index < -0.39 is 10.0 Å². The van der Waals surface area contributed by atoms with E-state index in [1.807, 2.05) is 0 Å². The second-order valence-corrected chi connectivity index (χ2v) is 7.83. The quantitative estimate of drug-likeness (QED) is 0.906. The second-order valence-electron chi connectivity index (χ2n) is 5.11. The number of nitrogens with zero attached hydrogens (tertiary/aromatic N) is 1. The van der Waals surface area contributed by atoms with E-state index in [0.29, 0.717) is 23.4 Å². The molecule has 1 aliphatic heterocycles. The Balaban J connectivity index is 2.28. The van der Waals surface area contributed by atoms with Crippen LogP contribution in [0.3, 0.4) is 0 Å². The zero-order valence-corrected chi connectivity index (χ0v) is 13.8. The van der Waals surface area contributed by atoms with Gasteiger partial charge in [-0.2, -0.15) is 4.31 Å². The third-order valence-corrected chi connectivity index (χ3v) is 6.45. The molecule has 1 fully saturated rings. The number of primary amides is 1. The minimum absolute atomic E-state index is 0.148. The Labute approximate surface area is 134 Å². The summed E-state index contributed by atoms with van der Waals surface area (Å²) in [6.45, 7) is 2.22. The summed E-state index contributed by atoms with van der Waals surface area (Å²) in [5.74, 6) is -0.635. The molecular weight excluding hydrogens is 335 g/mol. The monoisotopic (exact) mass is 350 g/mol. The molecule has 116 valence electrons. The van der Waals surface area contributed by atoms with Gasteiger partial charge < -0.3 is 5.73 Å². The first-order chi connectivity index (χ1) is 9.73. The van der Waals surface area contributed by atoms with Gasteiger partial charge in [0.15, 0.2) is 0 Å². The van der Waals surface area contributed by atoms with Crippen LogP contribution in [0.1, 0.15) is 18.4 Å². The number of carbonyl (C=O) groups excluding carboxylic acids is 1. The SMILES string of the molecule is Cc1cc(Cl)c(Cl)cc1S(=O)(=O)N1CCC(C(N)=O)CC1. The maximum Gasteiger partial charge on any atom is 0.243 e. The zero-order valence-electron chi connectivity index (χ0n) is 11.5. The molecule has 1 amide bonds. The predicted molar refractivity (Wildman–Crippen MR) is 81.9 cm³/mol. The van der Waals surface area contributed by atoms with Gasteiger partial charge in [-0.3, -0.25) is 4.79 Å². The normalized spacial score (nSPS) is 17.9. The van der Waals surface area contributed by atoms with Gasteiger partial charge in [-0.25, -0.2) is 8.42 Å². The number of halogens is 2. The molecule has 5 nitrogen and oxygen atoms in total. The number of hydrogen-bond acceptors (Lipinski definition) is 3. The number of benzene rings is 1. The molecule has 8 heteroatoms. The molecule has 1 aliphatic rings. The Kier molecular flexibility index (Phi) is 4.82. The minimum Gasteiger partial charge on any atom is -0.369 e. The highest BCUT2D eigenvalue weighted by Crippen LogP contribution is 2.31. The Hall–Kier alpha value is -0.820. The molecule has 21 heavy (non-hydrogen) atoms. The van der Waals surface area contributed by atoms with Crippen molar-refractivity contribution in [2.45, 2.75) is 24.7 Å². The van der Waals surface area contributed by atoms with E-state index in [2.05, 4.69) is 0 Å². The van der Waals surface area contributed by atoms with Crippen LogP contribution in [0.25, 0.3) is 0 Å². The van der Waals surface area contributed by atoms with Crippen molar-refractivity contribution in [1.29, 1.82) is 0 Å². The summed E-state index contributed by atoms with van der Waals surface area (Å²) in [6.07, 6.45) is 0.879. The van der Waals surface area contributed by atoms with E-state index in [1.165, 1.54) is 16.4 Å². The Morgan fingerprint density at radius 2 is 1.76 bits per heavy atom. The molecule has 0 aliphatic carbocycles. The van der Waals surface area contributed by atoms with E-state index in [9.17, 15) is 13.2 Å². The molecule has 0 saturated carbocycles. The Bertz CT molecular complexity index is 668. The van der Waals surface area contributed by atoms with E-state index >= 15 is 0 Å². The summed E-state index contributed by atoms with van der Waals surface area (Å²) in [5.41, 5.74) is 5.80. The van der Waals surface area contributed by atoms with E-state index in [1.54, 1.807) is 6.92 Å². The van der Waals surface area contributed by atoms with Gasteiger partial charge >= 0.3 is 0 Å². The van der Waals surface area contributed by atoms with Gasteiger partial charge in [0.05, 0.1) is 14.9 Å². The van der Waals surface area contributed by atoms with Crippen molar-refractivity contribution in [3.8, 4) is 0 Å². The third kappa shape index (κ3) is 3.34. The van der Waals surface area contributed by atoms with Crippen LogP contribution >= 0.6 is 23.2 Å². The molecule has 2 N–H and O–H groups in total. The summed E-state index contributed by atoms with van der Waals surface area (Å²) in [5, 5.41) is 0.522. The van der Waals surface area contributed by atoms with E-state index in [4.69, 9.17) is 28.9 Å². The zero-order chi connectivity index (χ0) is 15.8. The lowest BCUT2D eigenvalue weighted by Crippen LogP contribution is -2.41. The van der Waals surface area contributed by atoms with Crippen molar-refractivity contribution in [3.63, 3.8) is 0 Å². The van der Waals surface area contributed by atoms with Crippen molar-refractivity contribution >= 4 is 39.1 Å².